The largest absolute Gasteiger partial charge is 0.497 e. The number of ether oxygens (including phenoxy) is 3. The van der Waals surface area contributed by atoms with Gasteiger partial charge in [-0.2, -0.15) is 0 Å². The Balaban J connectivity index is 0.00000392. The van der Waals surface area contributed by atoms with Crippen molar-refractivity contribution in [3.63, 3.8) is 0 Å². The summed E-state index contributed by atoms with van der Waals surface area (Å²) >= 11 is 0. The van der Waals surface area contributed by atoms with Gasteiger partial charge in [-0.1, -0.05) is 18.2 Å². The van der Waals surface area contributed by atoms with Gasteiger partial charge in [0.1, 0.15) is 17.2 Å². The van der Waals surface area contributed by atoms with E-state index in [0.29, 0.717) is 13.2 Å². The van der Waals surface area contributed by atoms with Gasteiger partial charge in [0.25, 0.3) is 0 Å². The van der Waals surface area contributed by atoms with Crippen molar-refractivity contribution in [1.29, 1.82) is 0 Å². The van der Waals surface area contributed by atoms with Crippen molar-refractivity contribution in [1.82, 2.24) is 10.6 Å². The van der Waals surface area contributed by atoms with Crippen LogP contribution in [0.15, 0.2) is 47.5 Å². The molecular weight excluding hydrogens is 469 g/mol. The van der Waals surface area contributed by atoms with Crippen LogP contribution in [-0.4, -0.2) is 40.4 Å². The summed E-state index contributed by atoms with van der Waals surface area (Å²) in [6.45, 7) is 3.98. The van der Waals surface area contributed by atoms with E-state index in [1.54, 1.807) is 21.3 Å². The number of aliphatic imine (C=N–C) groups is 1. The second kappa shape index (κ2) is 13.1. The molecule has 0 unspecified atom stereocenters. The van der Waals surface area contributed by atoms with Crippen LogP contribution in [0.4, 0.5) is 0 Å². The fourth-order valence-electron chi connectivity index (χ4n) is 2.74. The molecule has 0 aromatic heterocycles. The zero-order valence-corrected chi connectivity index (χ0v) is 19.3. The van der Waals surface area contributed by atoms with Gasteiger partial charge < -0.3 is 24.8 Å². The van der Waals surface area contributed by atoms with Crippen LogP contribution in [0.2, 0.25) is 0 Å². The predicted octanol–water partition coefficient (Wildman–Crippen LogP) is 3.63. The van der Waals surface area contributed by atoms with Crippen LogP contribution < -0.4 is 24.8 Å². The highest BCUT2D eigenvalue weighted by Crippen LogP contribution is 2.24. The van der Waals surface area contributed by atoms with Gasteiger partial charge >= 0.3 is 0 Å². The molecule has 2 aromatic rings. The number of rotatable bonds is 9. The van der Waals surface area contributed by atoms with Crippen LogP contribution in [-0.2, 0) is 13.0 Å². The summed E-state index contributed by atoms with van der Waals surface area (Å²) in [5.41, 5.74) is 2.18. The number of hydrogen-bond donors (Lipinski definition) is 2. The molecule has 0 heterocycles. The molecule has 28 heavy (non-hydrogen) atoms. The third kappa shape index (κ3) is 7.10. The lowest BCUT2D eigenvalue weighted by atomic mass is 10.1. The topological polar surface area (TPSA) is 64.1 Å². The first-order valence-electron chi connectivity index (χ1n) is 9.08. The molecular formula is C21H30IN3O3. The van der Waals surface area contributed by atoms with Gasteiger partial charge in [-0.05, 0) is 43.2 Å². The van der Waals surface area contributed by atoms with Crippen LogP contribution in [0.1, 0.15) is 18.1 Å². The van der Waals surface area contributed by atoms with Crippen LogP contribution in [0.3, 0.4) is 0 Å². The SMILES string of the molecule is CCOc1ccccc1CNC(=NC)NCCc1cc(OC)ccc1OC.I. The van der Waals surface area contributed by atoms with Crippen molar-refractivity contribution in [3.05, 3.63) is 53.6 Å². The van der Waals surface area contributed by atoms with Crippen LogP contribution in [0.25, 0.3) is 0 Å². The van der Waals surface area contributed by atoms with Gasteiger partial charge in [-0.15, -0.1) is 24.0 Å². The fraction of sp³-hybridized carbons (Fsp3) is 0.381. The summed E-state index contributed by atoms with van der Waals surface area (Å²) < 4.78 is 16.4. The molecule has 0 saturated heterocycles. The number of benzene rings is 2. The first kappa shape index (κ1) is 23.9. The minimum atomic E-state index is 0. The Bertz CT molecular complexity index is 753. The Morgan fingerprint density at radius 3 is 2.43 bits per heavy atom. The molecule has 7 heteroatoms. The zero-order valence-electron chi connectivity index (χ0n) is 17.0. The minimum Gasteiger partial charge on any atom is -0.497 e. The summed E-state index contributed by atoms with van der Waals surface area (Å²) in [5.74, 6) is 3.30. The second-order valence-electron chi connectivity index (χ2n) is 5.82. The number of halogens is 1. The third-order valence-electron chi connectivity index (χ3n) is 4.12. The molecule has 0 aliphatic carbocycles. The van der Waals surface area contributed by atoms with Crippen LogP contribution in [0, 0.1) is 0 Å². The Kier molecular flexibility index (Phi) is 11.2. The molecule has 0 atom stereocenters. The maximum Gasteiger partial charge on any atom is 0.191 e. The van der Waals surface area contributed by atoms with E-state index in [-0.39, 0.29) is 24.0 Å². The zero-order chi connectivity index (χ0) is 19.5. The molecule has 154 valence electrons. The highest BCUT2D eigenvalue weighted by molar-refractivity contribution is 14.0. The van der Waals surface area contributed by atoms with E-state index in [1.165, 1.54) is 0 Å². The Labute approximate surface area is 184 Å². The highest BCUT2D eigenvalue weighted by atomic mass is 127. The number of para-hydroxylation sites is 1. The minimum absolute atomic E-state index is 0. The number of nitrogens with zero attached hydrogens (tertiary/aromatic N) is 1. The van der Waals surface area contributed by atoms with E-state index in [2.05, 4.69) is 15.6 Å². The quantitative estimate of drug-likeness (QED) is 0.314. The molecule has 0 bridgehead atoms. The smallest absolute Gasteiger partial charge is 0.191 e. The molecule has 0 amide bonds. The first-order valence-corrected chi connectivity index (χ1v) is 9.08. The van der Waals surface area contributed by atoms with Crippen molar-refractivity contribution in [2.45, 2.75) is 19.9 Å². The lowest BCUT2D eigenvalue weighted by Gasteiger charge is -2.15. The molecule has 2 rings (SSSR count). The summed E-state index contributed by atoms with van der Waals surface area (Å²) in [4.78, 5) is 4.28. The van der Waals surface area contributed by atoms with Crippen molar-refractivity contribution in [3.8, 4) is 17.2 Å². The van der Waals surface area contributed by atoms with Crippen LogP contribution >= 0.6 is 24.0 Å². The molecule has 2 aromatic carbocycles. The summed E-state index contributed by atoms with van der Waals surface area (Å²) in [5, 5.41) is 6.65. The average molecular weight is 499 g/mol. The Morgan fingerprint density at radius 2 is 1.75 bits per heavy atom. The molecule has 0 radical (unpaired) electrons. The van der Waals surface area contributed by atoms with Crippen molar-refractivity contribution in [2.75, 3.05) is 34.4 Å². The van der Waals surface area contributed by atoms with Gasteiger partial charge in [0.2, 0.25) is 0 Å². The maximum atomic E-state index is 5.66. The van der Waals surface area contributed by atoms with Crippen molar-refractivity contribution >= 4 is 29.9 Å². The summed E-state index contributed by atoms with van der Waals surface area (Å²) in [7, 11) is 5.10. The van der Waals surface area contributed by atoms with E-state index in [4.69, 9.17) is 14.2 Å². The standard InChI is InChI=1S/C21H29N3O3.HI/c1-5-27-20-9-7-6-8-17(20)15-24-21(22-2)23-13-12-16-14-18(25-3)10-11-19(16)26-4;/h6-11,14H,5,12-13,15H2,1-4H3,(H2,22,23,24);1H. The van der Waals surface area contributed by atoms with Crippen molar-refractivity contribution in [2.24, 2.45) is 4.99 Å². The highest BCUT2D eigenvalue weighted by Gasteiger charge is 2.07. The number of hydrogen-bond acceptors (Lipinski definition) is 4. The molecule has 0 saturated carbocycles. The Morgan fingerprint density at radius 1 is 0.964 bits per heavy atom. The monoisotopic (exact) mass is 499 g/mol. The molecule has 0 fully saturated rings. The van der Waals surface area contributed by atoms with E-state index in [1.807, 2.05) is 49.4 Å². The maximum absolute atomic E-state index is 5.66. The third-order valence-corrected chi connectivity index (χ3v) is 4.12. The number of nitrogens with one attached hydrogen (secondary N) is 2. The van der Waals surface area contributed by atoms with Gasteiger partial charge in [-0.25, -0.2) is 0 Å². The lowest BCUT2D eigenvalue weighted by molar-refractivity contribution is 0.336. The first-order chi connectivity index (χ1) is 13.2. The number of methoxy groups -OCH3 is 2. The molecule has 2 N–H and O–H groups in total. The van der Waals surface area contributed by atoms with Gasteiger partial charge in [0, 0.05) is 25.7 Å². The molecule has 0 aliphatic heterocycles. The van der Waals surface area contributed by atoms with Gasteiger partial charge in [0.05, 0.1) is 20.8 Å². The van der Waals surface area contributed by atoms with E-state index in [0.717, 1.165) is 47.3 Å². The fourth-order valence-corrected chi connectivity index (χ4v) is 2.74. The normalized spacial score (nSPS) is 10.6. The van der Waals surface area contributed by atoms with Crippen molar-refractivity contribution < 1.29 is 14.2 Å². The Hall–Kier alpha value is -2.16. The van der Waals surface area contributed by atoms with E-state index >= 15 is 0 Å². The summed E-state index contributed by atoms with van der Waals surface area (Å²) in [6.07, 6.45) is 0.788. The molecule has 0 aliphatic rings. The number of guanidine groups is 1. The van der Waals surface area contributed by atoms with Gasteiger partial charge in [-0.3, -0.25) is 4.99 Å². The van der Waals surface area contributed by atoms with Gasteiger partial charge in [0.15, 0.2) is 5.96 Å². The summed E-state index contributed by atoms with van der Waals surface area (Å²) in [6, 6.07) is 13.8. The van der Waals surface area contributed by atoms with Crippen LogP contribution in [0.5, 0.6) is 17.2 Å². The predicted molar refractivity (Wildman–Crippen MR) is 124 cm³/mol. The van der Waals surface area contributed by atoms with E-state index in [9.17, 15) is 0 Å². The average Bonchev–Trinajstić information content (AvgIpc) is 2.71. The molecule has 0 spiro atoms. The lowest BCUT2D eigenvalue weighted by Crippen LogP contribution is -2.38. The molecule has 6 nitrogen and oxygen atoms in total. The van der Waals surface area contributed by atoms with E-state index < -0.39 is 0 Å². The second-order valence-corrected chi connectivity index (χ2v) is 5.82.